The first-order chi connectivity index (χ1) is 14.2. The highest BCUT2D eigenvalue weighted by atomic mass is 32.2. The zero-order chi connectivity index (χ0) is 21.7. The van der Waals surface area contributed by atoms with Crippen molar-refractivity contribution >= 4 is 50.7 Å². The van der Waals surface area contributed by atoms with Crippen LogP contribution in [0.3, 0.4) is 0 Å². The van der Waals surface area contributed by atoms with Crippen LogP contribution in [0.15, 0.2) is 47.4 Å². The Balaban J connectivity index is 1.77. The second-order valence-corrected chi connectivity index (χ2v) is 10.4. The van der Waals surface area contributed by atoms with Gasteiger partial charge in [-0.15, -0.1) is 11.8 Å². The van der Waals surface area contributed by atoms with Gasteiger partial charge >= 0.3 is 0 Å². The Bertz CT molecular complexity index is 1030. The number of anilines is 3. The lowest BCUT2D eigenvalue weighted by Crippen LogP contribution is -2.18. The van der Waals surface area contributed by atoms with E-state index >= 15 is 0 Å². The molecule has 7 nitrogen and oxygen atoms in total. The summed E-state index contributed by atoms with van der Waals surface area (Å²) in [5, 5.41) is 6.05. The molecule has 0 bridgehead atoms. The molecule has 1 aliphatic rings. The van der Waals surface area contributed by atoms with Gasteiger partial charge in [0, 0.05) is 28.4 Å². The Morgan fingerprint density at radius 1 is 0.967 bits per heavy atom. The topological polar surface area (TPSA) is 104 Å². The zero-order valence-corrected chi connectivity index (χ0v) is 18.5. The number of carbonyl (C=O) groups excluding carboxylic acids is 2. The Labute approximate surface area is 181 Å². The quantitative estimate of drug-likeness (QED) is 0.587. The summed E-state index contributed by atoms with van der Waals surface area (Å²) in [6, 6.07) is 12.0. The molecule has 9 heteroatoms. The number of carbonyl (C=O) groups is 2. The standard InChI is InChI=1S/C21H25N3O4S2/c1-14(25)22-16-9-12-20(24-30(2,27)28)19(13-16)21(26)23-15-7-10-18(11-8-15)29-17-5-3-4-6-17/h7-13,17,24H,3-6H2,1-2H3,(H,22,25)(H,23,26). The lowest BCUT2D eigenvalue weighted by Gasteiger charge is -2.14. The fourth-order valence-corrected chi connectivity index (χ4v) is 5.14. The molecular weight excluding hydrogens is 422 g/mol. The van der Waals surface area contributed by atoms with E-state index in [0.29, 0.717) is 16.6 Å². The molecule has 0 saturated heterocycles. The Morgan fingerprint density at radius 3 is 2.20 bits per heavy atom. The molecule has 1 fully saturated rings. The second kappa shape index (κ2) is 9.53. The molecule has 1 aliphatic carbocycles. The van der Waals surface area contributed by atoms with Crippen molar-refractivity contribution in [2.45, 2.75) is 42.8 Å². The molecule has 3 N–H and O–H groups in total. The first-order valence-corrected chi connectivity index (χ1v) is 12.4. The predicted octanol–water partition coefficient (Wildman–Crippen LogP) is 4.30. The largest absolute Gasteiger partial charge is 0.326 e. The van der Waals surface area contributed by atoms with Crippen LogP contribution in [0.1, 0.15) is 43.0 Å². The lowest BCUT2D eigenvalue weighted by atomic mass is 10.1. The summed E-state index contributed by atoms with van der Waals surface area (Å²) >= 11 is 1.86. The number of sulfonamides is 1. The summed E-state index contributed by atoms with van der Waals surface area (Å²) in [6.07, 6.45) is 6.06. The van der Waals surface area contributed by atoms with Crippen molar-refractivity contribution in [1.29, 1.82) is 0 Å². The first-order valence-electron chi connectivity index (χ1n) is 9.67. The van der Waals surface area contributed by atoms with Crippen LogP contribution in [0.2, 0.25) is 0 Å². The van der Waals surface area contributed by atoms with Crippen molar-refractivity contribution in [3.8, 4) is 0 Å². The van der Waals surface area contributed by atoms with E-state index in [1.165, 1.54) is 50.8 Å². The second-order valence-electron chi connectivity index (χ2n) is 7.32. The SMILES string of the molecule is CC(=O)Nc1ccc(NS(C)(=O)=O)c(C(=O)Nc2ccc(SC3CCCC3)cc2)c1. The van der Waals surface area contributed by atoms with Gasteiger partial charge in [-0.25, -0.2) is 8.42 Å². The third kappa shape index (κ3) is 6.50. The molecule has 30 heavy (non-hydrogen) atoms. The van der Waals surface area contributed by atoms with Crippen molar-refractivity contribution in [3.63, 3.8) is 0 Å². The van der Waals surface area contributed by atoms with E-state index in [1.807, 2.05) is 36.0 Å². The van der Waals surface area contributed by atoms with E-state index in [-0.39, 0.29) is 17.2 Å². The zero-order valence-electron chi connectivity index (χ0n) is 16.9. The van der Waals surface area contributed by atoms with Gasteiger partial charge in [0.1, 0.15) is 0 Å². The fourth-order valence-electron chi connectivity index (χ4n) is 3.32. The summed E-state index contributed by atoms with van der Waals surface area (Å²) in [7, 11) is -3.58. The number of hydrogen-bond donors (Lipinski definition) is 3. The van der Waals surface area contributed by atoms with Gasteiger partial charge in [0.2, 0.25) is 15.9 Å². The average Bonchev–Trinajstić information content (AvgIpc) is 3.16. The molecule has 0 atom stereocenters. The van der Waals surface area contributed by atoms with E-state index in [1.54, 1.807) is 0 Å². The van der Waals surface area contributed by atoms with Crippen molar-refractivity contribution in [2.75, 3.05) is 21.6 Å². The molecule has 0 aromatic heterocycles. The third-order valence-corrected chi connectivity index (χ3v) is 6.54. The van der Waals surface area contributed by atoms with Crippen molar-refractivity contribution in [3.05, 3.63) is 48.0 Å². The van der Waals surface area contributed by atoms with Crippen LogP contribution in [0.25, 0.3) is 0 Å². The summed E-state index contributed by atoms with van der Waals surface area (Å²) < 4.78 is 25.7. The van der Waals surface area contributed by atoms with Gasteiger partial charge in [-0.05, 0) is 55.3 Å². The Morgan fingerprint density at radius 2 is 1.60 bits per heavy atom. The normalized spacial score (nSPS) is 14.3. The van der Waals surface area contributed by atoms with Gasteiger partial charge in [0.05, 0.1) is 17.5 Å². The third-order valence-electron chi connectivity index (χ3n) is 4.60. The molecular formula is C21H25N3O4S2. The summed E-state index contributed by atoms with van der Waals surface area (Å²) in [5.74, 6) is -0.773. The molecule has 0 unspecified atom stereocenters. The summed E-state index contributed by atoms with van der Waals surface area (Å²) in [5.41, 5.74) is 1.25. The molecule has 0 heterocycles. The molecule has 2 aromatic rings. The Hall–Kier alpha value is -2.52. The molecule has 1 saturated carbocycles. The van der Waals surface area contributed by atoms with Crippen LogP contribution < -0.4 is 15.4 Å². The maximum absolute atomic E-state index is 12.9. The van der Waals surface area contributed by atoms with Crippen molar-refractivity contribution < 1.29 is 18.0 Å². The number of rotatable bonds is 7. The number of benzene rings is 2. The van der Waals surface area contributed by atoms with Gasteiger partial charge in [-0.2, -0.15) is 0 Å². The van der Waals surface area contributed by atoms with Crippen LogP contribution >= 0.6 is 11.8 Å². The monoisotopic (exact) mass is 447 g/mol. The van der Waals surface area contributed by atoms with Crippen LogP contribution in [0.5, 0.6) is 0 Å². The molecule has 2 amide bonds. The van der Waals surface area contributed by atoms with Crippen molar-refractivity contribution in [1.82, 2.24) is 0 Å². The smallest absolute Gasteiger partial charge is 0.257 e. The highest BCUT2D eigenvalue weighted by Crippen LogP contribution is 2.35. The average molecular weight is 448 g/mol. The number of hydrogen-bond acceptors (Lipinski definition) is 5. The van der Waals surface area contributed by atoms with E-state index in [0.717, 1.165) is 11.2 Å². The van der Waals surface area contributed by atoms with Crippen LogP contribution in [-0.4, -0.2) is 31.7 Å². The molecule has 0 spiro atoms. The molecule has 0 radical (unpaired) electrons. The van der Waals surface area contributed by atoms with Gasteiger partial charge < -0.3 is 10.6 Å². The van der Waals surface area contributed by atoms with Gasteiger partial charge in [-0.1, -0.05) is 12.8 Å². The number of amides is 2. The van der Waals surface area contributed by atoms with E-state index < -0.39 is 15.9 Å². The summed E-state index contributed by atoms with van der Waals surface area (Å²) in [6.45, 7) is 1.35. The summed E-state index contributed by atoms with van der Waals surface area (Å²) in [4.78, 5) is 25.3. The molecule has 3 rings (SSSR count). The minimum atomic E-state index is -3.58. The molecule has 0 aliphatic heterocycles. The first kappa shape index (κ1) is 22.2. The van der Waals surface area contributed by atoms with Gasteiger partial charge in [0.25, 0.3) is 5.91 Å². The fraction of sp³-hybridized carbons (Fsp3) is 0.333. The predicted molar refractivity (Wildman–Crippen MR) is 122 cm³/mol. The minimum Gasteiger partial charge on any atom is -0.326 e. The van der Waals surface area contributed by atoms with Crippen LogP contribution in [-0.2, 0) is 14.8 Å². The number of nitrogens with one attached hydrogen (secondary N) is 3. The molecule has 160 valence electrons. The van der Waals surface area contributed by atoms with Crippen LogP contribution in [0.4, 0.5) is 17.1 Å². The van der Waals surface area contributed by atoms with E-state index in [2.05, 4.69) is 15.4 Å². The Kier molecular flexibility index (Phi) is 7.04. The van der Waals surface area contributed by atoms with E-state index in [9.17, 15) is 18.0 Å². The lowest BCUT2D eigenvalue weighted by molar-refractivity contribution is -0.114. The van der Waals surface area contributed by atoms with Crippen molar-refractivity contribution in [2.24, 2.45) is 0 Å². The highest BCUT2D eigenvalue weighted by Gasteiger charge is 2.17. The number of thioether (sulfide) groups is 1. The maximum atomic E-state index is 12.9. The van der Waals surface area contributed by atoms with Crippen LogP contribution in [0, 0.1) is 0 Å². The van der Waals surface area contributed by atoms with Gasteiger partial charge in [0.15, 0.2) is 0 Å². The van der Waals surface area contributed by atoms with Gasteiger partial charge in [-0.3, -0.25) is 14.3 Å². The highest BCUT2D eigenvalue weighted by molar-refractivity contribution is 8.00. The van der Waals surface area contributed by atoms with E-state index in [4.69, 9.17) is 0 Å². The maximum Gasteiger partial charge on any atom is 0.257 e. The minimum absolute atomic E-state index is 0.107. The molecule has 2 aromatic carbocycles.